The van der Waals surface area contributed by atoms with E-state index in [1.165, 1.54) is 7.11 Å². The van der Waals surface area contributed by atoms with Crippen molar-refractivity contribution in [3.05, 3.63) is 23.9 Å². The highest BCUT2D eigenvalue weighted by Crippen LogP contribution is 2.34. The van der Waals surface area contributed by atoms with E-state index in [4.69, 9.17) is 14.2 Å². The SMILES string of the molecule is CCC(C)OC(=O)Cn1cc(C=O)c2c(OC)cc(OC)cc21. The first-order valence-electron chi connectivity index (χ1n) is 7.43. The van der Waals surface area contributed by atoms with Gasteiger partial charge in [0.15, 0.2) is 6.29 Å². The topological polar surface area (TPSA) is 66.8 Å². The molecule has 1 aromatic carbocycles. The van der Waals surface area contributed by atoms with E-state index in [0.29, 0.717) is 28.0 Å². The Morgan fingerprint density at radius 1 is 1.30 bits per heavy atom. The van der Waals surface area contributed by atoms with E-state index >= 15 is 0 Å². The smallest absolute Gasteiger partial charge is 0.326 e. The van der Waals surface area contributed by atoms with Gasteiger partial charge in [0.25, 0.3) is 0 Å². The molecule has 2 rings (SSSR count). The van der Waals surface area contributed by atoms with Crippen LogP contribution in [0.2, 0.25) is 0 Å². The van der Waals surface area contributed by atoms with Gasteiger partial charge in [-0.15, -0.1) is 0 Å². The quantitative estimate of drug-likeness (QED) is 0.580. The fourth-order valence-electron chi connectivity index (χ4n) is 2.38. The largest absolute Gasteiger partial charge is 0.497 e. The maximum Gasteiger partial charge on any atom is 0.326 e. The van der Waals surface area contributed by atoms with Crippen molar-refractivity contribution in [3.63, 3.8) is 0 Å². The summed E-state index contributed by atoms with van der Waals surface area (Å²) < 4.78 is 17.6. The molecule has 124 valence electrons. The van der Waals surface area contributed by atoms with Gasteiger partial charge in [0.05, 0.1) is 31.2 Å². The number of aldehydes is 1. The predicted octanol–water partition coefficient (Wildman–Crippen LogP) is 2.81. The average Bonchev–Trinajstić information content (AvgIpc) is 2.91. The third-order valence-electron chi connectivity index (χ3n) is 3.74. The van der Waals surface area contributed by atoms with Crippen LogP contribution in [-0.2, 0) is 16.1 Å². The molecular weight excluding hydrogens is 298 g/mol. The third kappa shape index (κ3) is 3.47. The van der Waals surface area contributed by atoms with Crippen molar-refractivity contribution in [1.29, 1.82) is 0 Å². The van der Waals surface area contributed by atoms with Crippen LogP contribution in [0.25, 0.3) is 10.9 Å². The van der Waals surface area contributed by atoms with Gasteiger partial charge in [-0.3, -0.25) is 9.59 Å². The molecule has 0 saturated carbocycles. The molecule has 1 heterocycles. The fourth-order valence-corrected chi connectivity index (χ4v) is 2.38. The fraction of sp³-hybridized carbons (Fsp3) is 0.412. The number of fused-ring (bicyclic) bond motifs is 1. The minimum Gasteiger partial charge on any atom is -0.497 e. The van der Waals surface area contributed by atoms with Gasteiger partial charge in [0, 0.05) is 23.9 Å². The molecule has 1 aromatic heterocycles. The molecule has 0 amide bonds. The van der Waals surface area contributed by atoms with Crippen molar-refractivity contribution in [3.8, 4) is 11.5 Å². The Kier molecular flexibility index (Phi) is 5.26. The minimum atomic E-state index is -0.351. The number of aromatic nitrogens is 1. The van der Waals surface area contributed by atoms with Crippen molar-refractivity contribution in [2.45, 2.75) is 32.9 Å². The maximum atomic E-state index is 12.0. The molecule has 0 saturated heterocycles. The zero-order chi connectivity index (χ0) is 17.0. The normalized spacial score (nSPS) is 12.0. The first-order valence-corrected chi connectivity index (χ1v) is 7.43. The highest BCUT2D eigenvalue weighted by molar-refractivity contribution is 6.02. The van der Waals surface area contributed by atoms with Crippen LogP contribution in [0.3, 0.4) is 0 Å². The molecule has 0 radical (unpaired) electrons. The number of nitrogens with zero attached hydrogens (tertiary/aromatic N) is 1. The Balaban J connectivity index is 2.47. The number of ether oxygens (including phenoxy) is 3. The van der Waals surface area contributed by atoms with Crippen molar-refractivity contribution < 1.29 is 23.8 Å². The number of hydrogen-bond donors (Lipinski definition) is 0. The molecule has 0 aliphatic rings. The summed E-state index contributed by atoms with van der Waals surface area (Å²) in [7, 11) is 3.07. The molecule has 6 heteroatoms. The van der Waals surface area contributed by atoms with E-state index in [9.17, 15) is 9.59 Å². The first-order chi connectivity index (χ1) is 11.0. The lowest BCUT2D eigenvalue weighted by Crippen LogP contribution is -2.18. The highest BCUT2D eigenvalue weighted by atomic mass is 16.5. The highest BCUT2D eigenvalue weighted by Gasteiger charge is 2.17. The molecule has 0 aliphatic heterocycles. The van der Waals surface area contributed by atoms with Gasteiger partial charge >= 0.3 is 5.97 Å². The number of carbonyl (C=O) groups is 2. The van der Waals surface area contributed by atoms with Gasteiger partial charge in [-0.05, 0) is 13.3 Å². The second-order valence-corrected chi connectivity index (χ2v) is 5.26. The first kappa shape index (κ1) is 16.9. The predicted molar refractivity (Wildman–Crippen MR) is 86.3 cm³/mol. The van der Waals surface area contributed by atoms with Crippen LogP contribution in [0.15, 0.2) is 18.3 Å². The molecule has 0 spiro atoms. The monoisotopic (exact) mass is 319 g/mol. The van der Waals surface area contributed by atoms with Gasteiger partial charge in [0.1, 0.15) is 18.0 Å². The molecule has 1 unspecified atom stereocenters. The van der Waals surface area contributed by atoms with Crippen LogP contribution in [0.5, 0.6) is 11.5 Å². The Bertz CT molecular complexity index is 719. The van der Waals surface area contributed by atoms with Gasteiger partial charge in [-0.25, -0.2) is 0 Å². The molecule has 0 aliphatic carbocycles. The molecule has 0 bridgehead atoms. The average molecular weight is 319 g/mol. The summed E-state index contributed by atoms with van der Waals surface area (Å²) in [5.41, 5.74) is 1.14. The summed E-state index contributed by atoms with van der Waals surface area (Å²) >= 11 is 0. The van der Waals surface area contributed by atoms with E-state index in [-0.39, 0.29) is 18.6 Å². The van der Waals surface area contributed by atoms with Crippen LogP contribution >= 0.6 is 0 Å². The molecule has 6 nitrogen and oxygen atoms in total. The van der Waals surface area contributed by atoms with Crippen LogP contribution in [0.4, 0.5) is 0 Å². The Morgan fingerprint density at radius 2 is 2.04 bits per heavy atom. The second kappa shape index (κ2) is 7.17. The number of methoxy groups -OCH3 is 2. The maximum absolute atomic E-state index is 12.0. The number of carbonyl (C=O) groups excluding carboxylic acids is 2. The van der Waals surface area contributed by atoms with Gasteiger partial charge in [0.2, 0.25) is 0 Å². The molecule has 0 N–H and O–H groups in total. The van der Waals surface area contributed by atoms with E-state index in [1.54, 1.807) is 30.0 Å². The van der Waals surface area contributed by atoms with E-state index in [1.807, 2.05) is 13.8 Å². The third-order valence-corrected chi connectivity index (χ3v) is 3.74. The van der Waals surface area contributed by atoms with E-state index < -0.39 is 0 Å². The van der Waals surface area contributed by atoms with Crippen molar-refractivity contribution in [1.82, 2.24) is 4.57 Å². The number of esters is 1. The Morgan fingerprint density at radius 3 is 2.61 bits per heavy atom. The van der Waals surface area contributed by atoms with Crippen LogP contribution in [0, 0.1) is 0 Å². The van der Waals surface area contributed by atoms with Crippen LogP contribution in [0.1, 0.15) is 30.6 Å². The van der Waals surface area contributed by atoms with E-state index in [0.717, 1.165) is 12.7 Å². The Labute approximate surface area is 134 Å². The van der Waals surface area contributed by atoms with Crippen LogP contribution in [-0.4, -0.2) is 37.1 Å². The van der Waals surface area contributed by atoms with Crippen molar-refractivity contribution >= 4 is 23.2 Å². The lowest BCUT2D eigenvalue weighted by atomic mass is 10.1. The van der Waals surface area contributed by atoms with Crippen molar-refractivity contribution in [2.75, 3.05) is 14.2 Å². The van der Waals surface area contributed by atoms with E-state index in [2.05, 4.69) is 0 Å². The zero-order valence-corrected chi connectivity index (χ0v) is 13.8. The zero-order valence-electron chi connectivity index (χ0n) is 13.8. The number of hydrogen-bond acceptors (Lipinski definition) is 5. The van der Waals surface area contributed by atoms with Gasteiger partial charge in [-0.1, -0.05) is 6.92 Å². The molecule has 2 aromatic rings. The summed E-state index contributed by atoms with van der Waals surface area (Å²) in [5, 5.41) is 0.652. The number of benzene rings is 1. The molecule has 23 heavy (non-hydrogen) atoms. The summed E-state index contributed by atoms with van der Waals surface area (Å²) in [6, 6.07) is 3.47. The molecule has 1 atom stereocenters. The summed E-state index contributed by atoms with van der Waals surface area (Å²) in [4.78, 5) is 23.4. The van der Waals surface area contributed by atoms with Crippen LogP contribution < -0.4 is 9.47 Å². The lowest BCUT2D eigenvalue weighted by molar-refractivity contribution is -0.148. The number of rotatable bonds is 7. The minimum absolute atomic E-state index is 0.0189. The standard InChI is InChI=1S/C17H21NO5/c1-5-11(2)23-16(20)9-18-8-12(10-19)17-14(18)6-13(21-3)7-15(17)22-4/h6-8,10-11H,5,9H2,1-4H3. The molecular formula is C17H21NO5. The van der Waals surface area contributed by atoms with Gasteiger partial charge in [-0.2, -0.15) is 0 Å². The molecule has 0 fully saturated rings. The van der Waals surface area contributed by atoms with Gasteiger partial charge < -0.3 is 18.8 Å². The summed E-state index contributed by atoms with van der Waals surface area (Å²) in [5.74, 6) is 0.757. The summed E-state index contributed by atoms with van der Waals surface area (Å²) in [6.07, 6.45) is 2.98. The summed E-state index contributed by atoms with van der Waals surface area (Å²) in [6.45, 7) is 3.81. The van der Waals surface area contributed by atoms with Crippen molar-refractivity contribution in [2.24, 2.45) is 0 Å². The lowest BCUT2D eigenvalue weighted by Gasteiger charge is -2.12. The Hall–Kier alpha value is -2.50. The second-order valence-electron chi connectivity index (χ2n) is 5.26.